The zero-order valence-corrected chi connectivity index (χ0v) is 22.2. The summed E-state index contributed by atoms with van der Waals surface area (Å²) in [6.45, 7) is 0. The van der Waals surface area contributed by atoms with Crippen molar-refractivity contribution in [3.05, 3.63) is 91.1 Å². The number of carbonyl (C=O) groups is 2. The van der Waals surface area contributed by atoms with Crippen LogP contribution in [-0.2, 0) is 4.79 Å². The van der Waals surface area contributed by atoms with E-state index in [1.165, 1.54) is 30.3 Å². The van der Waals surface area contributed by atoms with Crippen molar-refractivity contribution in [2.45, 2.75) is 10.3 Å². The largest absolute Gasteiger partial charge is 0.326 e. The molecule has 1 aliphatic rings. The number of nitrogens with one attached hydrogen (secondary N) is 2. The van der Waals surface area contributed by atoms with Crippen LogP contribution in [0.3, 0.4) is 0 Å². The smallest absolute Gasteiger partial charge is 0.257 e. The van der Waals surface area contributed by atoms with E-state index in [9.17, 15) is 14.0 Å². The molecule has 3 aromatic carbocycles. The Bertz CT molecular complexity index is 1430. The van der Waals surface area contributed by atoms with Gasteiger partial charge in [0.15, 0.2) is 0 Å². The minimum Gasteiger partial charge on any atom is -0.326 e. The van der Waals surface area contributed by atoms with E-state index in [-0.39, 0.29) is 42.6 Å². The predicted molar refractivity (Wildman–Crippen MR) is 141 cm³/mol. The maximum atomic E-state index is 14.2. The second-order valence-electron chi connectivity index (χ2n) is 7.87. The van der Waals surface area contributed by atoms with Crippen LogP contribution in [0, 0.1) is 23.1 Å². The molecule has 36 heavy (non-hydrogen) atoms. The van der Waals surface area contributed by atoms with Gasteiger partial charge in [0.2, 0.25) is 5.91 Å². The first-order valence-corrected chi connectivity index (χ1v) is 12.3. The number of anilines is 2. The number of halogens is 7. The van der Waals surface area contributed by atoms with Gasteiger partial charge in [0, 0.05) is 11.6 Å². The van der Waals surface area contributed by atoms with Crippen LogP contribution in [0.4, 0.5) is 15.8 Å². The van der Waals surface area contributed by atoms with Crippen LogP contribution in [0.1, 0.15) is 27.4 Å². The van der Waals surface area contributed by atoms with Gasteiger partial charge < -0.3 is 10.6 Å². The van der Waals surface area contributed by atoms with Crippen LogP contribution in [0.15, 0.2) is 48.5 Å². The van der Waals surface area contributed by atoms with Crippen LogP contribution in [0.5, 0.6) is 0 Å². The Labute approximate surface area is 235 Å². The normalized spacial score (nSPS) is 17.7. The third-order valence-corrected chi connectivity index (χ3v) is 7.99. The van der Waals surface area contributed by atoms with Crippen LogP contribution in [0.25, 0.3) is 0 Å². The summed E-state index contributed by atoms with van der Waals surface area (Å²) >= 11 is 37.1. The number of hydrogen-bond acceptors (Lipinski definition) is 3. The summed E-state index contributed by atoms with van der Waals surface area (Å²) in [7, 11) is 0. The maximum absolute atomic E-state index is 14.2. The highest BCUT2D eigenvalue weighted by Crippen LogP contribution is 2.65. The summed E-state index contributed by atoms with van der Waals surface area (Å²) in [5, 5.41) is 14.5. The molecule has 2 amide bonds. The van der Waals surface area contributed by atoms with E-state index in [2.05, 4.69) is 10.6 Å². The van der Waals surface area contributed by atoms with Gasteiger partial charge in [-0.25, -0.2) is 4.39 Å². The third-order valence-electron chi connectivity index (χ3n) is 5.53. The summed E-state index contributed by atoms with van der Waals surface area (Å²) in [4.78, 5) is 25.7. The van der Waals surface area contributed by atoms with E-state index in [1.54, 1.807) is 18.2 Å². The molecule has 0 aliphatic heterocycles. The number of rotatable bonds is 5. The van der Waals surface area contributed by atoms with Crippen LogP contribution in [0.2, 0.25) is 20.1 Å². The van der Waals surface area contributed by atoms with Gasteiger partial charge in [0.05, 0.1) is 48.9 Å². The Balaban J connectivity index is 1.52. The summed E-state index contributed by atoms with van der Waals surface area (Å²) in [5.41, 5.74) is 0.714. The van der Waals surface area contributed by atoms with Crippen molar-refractivity contribution in [3.63, 3.8) is 0 Å². The lowest BCUT2D eigenvalue weighted by atomic mass is 10.1. The molecule has 4 rings (SSSR count). The molecule has 1 fully saturated rings. The lowest BCUT2D eigenvalue weighted by Gasteiger charge is -2.11. The molecule has 0 bridgehead atoms. The monoisotopic (exact) mass is 603 g/mol. The Hall–Kier alpha value is -2.24. The fourth-order valence-corrected chi connectivity index (χ4v) is 5.34. The first-order chi connectivity index (χ1) is 16.9. The maximum Gasteiger partial charge on any atom is 0.257 e. The van der Waals surface area contributed by atoms with Gasteiger partial charge in [-0.05, 0) is 54.1 Å². The molecule has 2 atom stereocenters. The van der Waals surface area contributed by atoms with E-state index < -0.39 is 33.8 Å². The second kappa shape index (κ2) is 10.3. The molecule has 0 aromatic heterocycles. The van der Waals surface area contributed by atoms with Crippen molar-refractivity contribution in [3.8, 4) is 6.07 Å². The van der Waals surface area contributed by atoms with Gasteiger partial charge in [0.25, 0.3) is 5.91 Å². The number of carbonyl (C=O) groups excluding carboxylic acids is 2. The van der Waals surface area contributed by atoms with E-state index in [4.69, 9.17) is 74.9 Å². The van der Waals surface area contributed by atoms with Crippen LogP contribution >= 0.6 is 69.6 Å². The van der Waals surface area contributed by atoms with Crippen molar-refractivity contribution in [2.24, 2.45) is 5.92 Å². The van der Waals surface area contributed by atoms with E-state index in [0.29, 0.717) is 5.56 Å². The zero-order valence-electron chi connectivity index (χ0n) is 17.7. The van der Waals surface area contributed by atoms with E-state index in [1.807, 2.05) is 0 Å². The molecular formula is C24H12Cl6FN3O2. The van der Waals surface area contributed by atoms with Gasteiger partial charge in [-0.1, -0.05) is 46.4 Å². The highest BCUT2D eigenvalue weighted by molar-refractivity contribution is 6.54. The molecule has 0 unspecified atom stereocenters. The number of benzene rings is 3. The molecular weight excluding hydrogens is 594 g/mol. The number of alkyl halides is 2. The Morgan fingerprint density at radius 1 is 0.917 bits per heavy atom. The second-order valence-corrected chi connectivity index (χ2v) is 10.9. The average molecular weight is 606 g/mol. The zero-order chi connectivity index (χ0) is 26.4. The summed E-state index contributed by atoms with van der Waals surface area (Å²) < 4.78 is 12.8. The standard InChI is InChI=1S/C24H12Cl6FN3O2/c25-14-3-2-12(8-13(14)22(35)34-18-4-1-10(9-32)5-17(18)31)33-23(36)20-19(24(20,29)30)11-6-15(26)21(28)16(27)7-11/h1-8,19-20H,(H,33,36)(H,34,35)/t19-,20+/m1/s1. The fourth-order valence-electron chi connectivity index (χ4n) is 3.70. The summed E-state index contributed by atoms with van der Waals surface area (Å²) in [6, 6.07) is 12.7. The SMILES string of the molecule is N#Cc1ccc(NC(=O)c2cc(NC(=O)[C@@H]3[C@@H](c4cc(Cl)c(Cl)c(Cl)c4)C3(Cl)Cl)ccc2Cl)c(F)c1. The highest BCUT2D eigenvalue weighted by atomic mass is 35.5. The predicted octanol–water partition coefficient (Wildman–Crippen LogP) is 8.09. The molecule has 1 saturated carbocycles. The lowest BCUT2D eigenvalue weighted by Crippen LogP contribution is -2.18. The minimum atomic E-state index is -1.43. The lowest BCUT2D eigenvalue weighted by molar-refractivity contribution is -0.117. The molecule has 0 spiro atoms. The first kappa shape index (κ1) is 26.8. The molecule has 1 aliphatic carbocycles. The quantitative estimate of drug-likeness (QED) is 0.228. The molecule has 184 valence electrons. The van der Waals surface area contributed by atoms with Crippen LogP contribution < -0.4 is 10.6 Å². The molecule has 0 saturated heterocycles. The first-order valence-electron chi connectivity index (χ1n) is 10.1. The van der Waals surface area contributed by atoms with Gasteiger partial charge in [0.1, 0.15) is 10.2 Å². The van der Waals surface area contributed by atoms with Gasteiger partial charge in [-0.15, -0.1) is 23.2 Å². The highest BCUT2D eigenvalue weighted by Gasteiger charge is 2.67. The van der Waals surface area contributed by atoms with Crippen molar-refractivity contribution in [2.75, 3.05) is 10.6 Å². The Morgan fingerprint density at radius 2 is 1.58 bits per heavy atom. The summed E-state index contributed by atoms with van der Waals surface area (Å²) in [6.07, 6.45) is 0. The average Bonchev–Trinajstić information content (AvgIpc) is 3.41. The Kier molecular flexibility index (Phi) is 7.64. The van der Waals surface area contributed by atoms with Crippen molar-refractivity contribution < 1.29 is 14.0 Å². The molecule has 5 nitrogen and oxygen atoms in total. The number of nitriles is 1. The van der Waals surface area contributed by atoms with E-state index in [0.717, 1.165) is 6.07 Å². The molecule has 2 N–H and O–H groups in total. The molecule has 0 radical (unpaired) electrons. The fraction of sp³-hybridized carbons (Fsp3) is 0.125. The van der Waals surface area contributed by atoms with Crippen molar-refractivity contribution >= 4 is 92.8 Å². The summed E-state index contributed by atoms with van der Waals surface area (Å²) in [5.74, 6) is -3.49. The van der Waals surface area contributed by atoms with E-state index >= 15 is 0 Å². The van der Waals surface area contributed by atoms with Crippen LogP contribution in [-0.4, -0.2) is 16.1 Å². The third kappa shape index (κ3) is 5.24. The number of nitrogens with zero attached hydrogens (tertiary/aromatic N) is 1. The molecule has 0 heterocycles. The minimum absolute atomic E-state index is 0.0233. The van der Waals surface area contributed by atoms with Crippen molar-refractivity contribution in [1.29, 1.82) is 5.26 Å². The number of amides is 2. The number of hydrogen-bond donors (Lipinski definition) is 2. The van der Waals surface area contributed by atoms with Gasteiger partial charge in [-0.3, -0.25) is 9.59 Å². The van der Waals surface area contributed by atoms with Gasteiger partial charge >= 0.3 is 0 Å². The molecule has 3 aromatic rings. The molecule has 12 heteroatoms. The van der Waals surface area contributed by atoms with Gasteiger partial charge in [-0.2, -0.15) is 5.26 Å². The van der Waals surface area contributed by atoms with Crippen molar-refractivity contribution in [1.82, 2.24) is 0 Å². The Morgan fingerprint density at radius 3 is 2.19 bits per heavy atom. The topological polar surface area (TPSA) is 82.0 Å².